The molecular formula is C16H15NO2. The zero-order valence-electron chi connectivity index (χ0n) is 10.6. The lowest BCUT2D eigenvalue weighted by molar-refractivity contribution is -0.120. The van der Waals surface area contributed by atoms with Crippen molar-refractivity contribution in [3.05, 3.63) is 59.9 Å². The van der Waals surface area contributed by atoms with Gasteiger partial charge in [0.05, 0.1) is 6.61 Å². The van der Waals surface area contributed by atoms with Crippen molar-refractivity contribution in [3.8, 4) is 5.75 Å². The highest BCUT2D eigenvalue weighted by Crippen LogP contribution is 2.34. The highest BCUT2D eigenvalue weighted by molar-refractivity contribution is 5.88. The van der Waals surface area contributed by atoms with Crippen LogP contribution in [-0.2, 0) is 11.2 Å². The van der Waals surface area contributed by atoms with Crippen LogP contribution in [0.5, 0.6) is 5.75 Å². The van der Waals surface area contributed by atoms with E-state index >= 15 is 0 Å². The average molecular weight is 253 g/mol. The summed E-state index contributed by atoms with van der Waals surface area (Å²) in [6.45, 7) is 0.607. The van der Waals surface area contributed by atoms with E-state index in [1.165, 1.54) is 0 Å². The van der Waals surface area contributed by atoms with E-state index in [4.69, 9.17) is 4.74 Å². The predicted molar refractivity (Wildman–Crippen MR) is 72.2 cm³/mol. The van der Waals surface area contributed by atoms with Crippen LogP contribution in [0, 0.1) is 0 Å². The van der Waals surface area contributed by atoms with E-state index in [0.29, 0.717) is 13.0 Å². The van der Waals surface area contributed by atoms with Crippen LogP contribution < -0.4 is 4.74 Å². The lowest BCUT2D eigenvalue weighted by Crippen LogP contribution is -2.22. The third kappa shape index (κ3) is 2.50. The molecule has 0 spiro atoms. The minimum atomic E-state index is -0.0630. The molecule has 96 valence electrons. The van der Waals surface area contributed by atoms with Crippen molar-refractivity contribution < 1.29 is 9.53 Å². The van der Waals surface area contributed by atoms with Crippen molar-refractivity contribution in [2.75, 3.05) is 6.61 Å². The van der Waals surface area contributed by atoms with Crippen LogP contribution in [0.3, 0.4) is 0 Å². The molecule has 1 atom stereocenters. The van der Waals surface area contributed by atoms with Crippen LogP contribution in [0.1, 0.15) is 23.6 Å². The van der Waals surface area contributed by atoms with Crippen LogP contribution in [0.2, 0.25) is 0 Å². The van der Waals surface area contributed by atoms with Gasteiger partial charge in [-0.25, -0.2) is 0 Å². The van der Waals surface area contributed by atoms with Gasteiger partial charge in [-0.05, 0) is 24.6 Å². The van der Waals surface area contributed by atoms with Crippen LogP contribution >= 0.6 is 0 Å². The number of Topliss-reactive ketones (excluding diaryl/α,β-unsaturated/α-hetero) is 1. The Morgan fingerprint density at radius 3 is 2.89 bits per heavy atom. The number of hydrogen-bond acceptors (Lipinski definition) is 3. The van der Waals surface area contributed by atoms with Crippen molar-refractivity contribution in [1.29, 1.82) is 0 Å². The van der Waals surface area contributed by atoms with Gasteiger partial charge in [-0.1, -0.05) is 24.3 Å². The standard InChI is InChI=1S/C16H15NO2/c18-15(11-12-5-3-4-9-17-12)13-8-10-19-16-7-2-1-6-14(13)16/h1-7,9,13H,8,10-11H2. The quantitative estimate of drug-likeness (QED) is 0.844. The Morgan fingerprint density at radius 1 is 1.21 bits per heavy atom. The number of rotatable bonds is 3. The van der Waals surface area contributed by atoms with E-state index in [-0.39, 0.29) is 11.7 Å². The molecular weight excluding hydrogens is 238 g/mol. The lowest BCUT2D eigenvalue weighted by atomic mass is 9.87. The first kappa shape index (κ1) is 11.9. The molecule has 0 saturated carbocycles. The predicted octanol–water partition coefficient (Wildman–Crippen LogP) is 2.76. The first-order valence-corrected chi connectivity index (χ1v) is 6.49. The third-order valence-corrected chi connectivity index (χ3v) is 3.43. The molecule has 3 rings (SSSR count). The van der Waals surface area contributed by atoms with Gasteiger partial charge in [-0.2, -0.15) is 0 Å². The van der Waals surface area contributed by atoms with E-state index in [1.807, 2.05) is 42.5 Å². The number of nitrogens with zero attached hydrogens (tertiary/aromatic N) is 1. The number of aromatic nitrogens is 1. The molecule has 1 aromatic heterocycles. The number of para-hydroxylation sites is 1. The fourth-order valence-electron chi connectivity index (χ4n) is 2.48. The average Bonchev–Trinajstić information content (AvgIpc) is 2.47. The summed E-state index contributed by atoms with van der Waals surface area (Å²) in [5, 5.41) is 0. The Kier molecular flexibility index (Phi) is 3.27. The number of pyridine rings is 1. The van der Waals surface area contributed by atoms with Crippen molar-refractivity contribution in [3.63, 3.8) is 0 Å². The molecule has 1 unspecified atom stereocenters. The summed E-state index contributed by atoms with van der Waals surface area (Å²) in [5.74, 6) is 0.995. The first-order chi connectivity index (χ1) is 9.34. The Hall–Kier alpha value is -2.16. The normalized spacial score (nSPS) is 17.4. The molecule has 1 aliphatic heterocycles. The topological polar surface area (TPSA) is 39.2 Å². The molecule has 0 amide bonds. The second kappa shape index (κ2) is 5.22. The molecule has 1 aromatic carbocycles. The lowest BCUT2D eigenvalue weighted by Gasteiger charge is -2.24. The van der Waals surface area contributed by atoms with E-state index in [2.05, 4.69) is 4.98 Å². The van der Waals surface area contributed by atoms with Gasteiger partial charge in [0, 0.05) is 29.8 Å². The molecule has 0 aliphatic carbocycles. The summed E-state index contributed by atoms with van der Waals surface area (Å²) in [6, 6.07) is 13.5. The van der Waals surface area contributed by atoms with Crippen LogP contribution in [0.15, 0.2) is 48.7 Å². The van der Waals surface area contributed by atoms with Gasteiger partial charge in [-0.3, -0.25) is 9.78 Å². The maximum absolute atomic E-state index is 12.4. The molecule has 0 N–H and O–H groups in total. The van der Waals surface area contributed by atoms with Crippen molar-refractivity contribution in [2.45, 2.75) is 18.8 Å². The summed E-state index contributed by atoms with van der Waals surface area (Å²) in [6.07, 6.45) is 2.86. The van der Waals surface area contributed by atoms with E-state index in [1.54, 1.807) is 6.20 Å². The van der Waals surface area contributed by atoms with Gasteiger partial charge in [0.1, 0.15) is 11.5 Å². The summed E-state index contributed by atoms with van der Waals surface area (Å²) in [5.41, 5.74) is 1.84. The number of ether oxygens (including phenoxy) is 1. The summed E-state index contributed by atoms with van der Waals surface area (Å²) < 4.78 is 5.59. The highest BCUT2D eigenvalue weighted by atomic mass is 16.5. The minimum Gasteiger partial charge on any atom is -0.493 e. The van der Waals surface area contributed by atoms with Gasteiger partial charge < -0.3 is 4.74 Å². The van der Waals surface area contributed by atoms with Gasteiger partial charge >= 0.3 is 0 Å². The maximum Gasteiger partial charge on any atom is 0.146 e. The van der Waals surface area contributed by atoms with E-state index < -0.39 is 0 Å². The molecule has 19 heavy (non-hydrogen) atoms. The second-order valence-corrected chi connectivity index (χ2v) is 4.69. The molecule has 0 radical (unpaired) electrons. The van der Waals surface area contributed by atoms with Crippen molar-refractivity contribution in [2.24, 2.45) is 0 Å². The summed E-state index contributed by atoms with van der Waals surface area (Å²) >= 11 is 0. The van der Waals surface area contributed by atoms with Crippen LogP contribution in [-0.4, -0.2) is 17.4 Å². The van der Waals surface area contributed by atoms with E-state index in [0.717, 1.165) is 23.4 Å². The second-order valence-electron chi connectivity index (χ2n) is 4.69. The Bertz CT molecular complexity index is 580. The first-order valence-electron chi connectivity index (χ1n) is 6.49. The number of fused-ring (bicyclic) bond motifs is 1. The molecule has 2 heterocycles. The largest absolute Gasteiger partial charge is 0.493 e. The fourth-order valence-corrected chi connectivity index (χ4v) is 2.48. The number of carbonyl (C=O) groups is 1. The number of benzene rings is 1. The van der Waals surface area contributed by atoms with Crippen molar-refractivity contribution >= 4 is 5.78 Å². The number of carbonyl (C=O) groups excluding carboxylic acids is 1. The number of hydrogen-bond donors (Lipinski definition) is 0. The monoisotopic (exact) mass is 253 g/mol. The van der Waals surface area contributed by atoms with Crippen molar-refractivity contribution in [1.82, 2.24) is 4.98 Å². The Balaban J connectivity index is 1.82. The summed E-state index contributed by atoms with van der Waals surface area (Å²) in [4.78, 5) is 16.7. The van der Waals surface area contributed by atoms with Gasteiger partial charge in [0.2, 0.25) is 0 Å². The molecule has 0 fully saturated rings. The van der Waals surface area contributed by atoms with Crippen LogP contribution in [0.4, 0.5) is 0 Å². The minimum absolute atomic E-state index is 0.0630. The molecule has 0 saturated heterocycles. The summed E-state index contributed by atoms with van der Waals surface area (Å²) in [7, 11) is 0. The molecule has 2 aromatic rings. The fraction of sp³-hybridized carbons (Fsp3) is 0.250. The third-order valence-electron chi connectivity index (χ3n) is 3.43. The Morgan fingerprint density at radius 2 is 2.05 bits per heavy atom. The van der Waals surface area contributed by atoms with Crippen LogP contribution in [0.25, 0.3) is 0 Å². The maximum atomic E-state index is 12.4. The zero-order valence-corrected chi connectivity index (χ0v) is 10.6. The SMILES string of the molecule is O=C(Cc1ccccn1)C1CCOc2ccccc21. The number of ketones is 1. The van der Waals surface area contributed by atoms with Gasteiger partial charge in [-0.15, -0.1) is 0 Å². The van der Waals surface area contributed by atoms with Gasteiger partial charge in [0.15, 0.2) is 0 Å². The highest BCUT2D eigenvalue weighted by Gasteiger charge is 2.27. The molecule has 0 bridgehead atoms. The smallest absolute Gasteiger partial charge is 0.146 e. The van der Waals surface area contributed by atoms with E-state index in [9.17, 15) is 4.79 Å². The van der Waals surface area contributed by atoms with Gasteiger partial charge in [0.25, 0.3) is 0 Å². The molecule has 3 nitrogen and oxygen atoms in total. The zero-order chi connectivity index (χ0) is 13.1. The Labute approximate surface area is 112 Å². The molecule has 1 aliphatic rings. The molecule has 3 heteroatoms.